The molecule has 2 aromatic heterocycles. The van der Waals surface area contributed by atoms with Crippen LogP contribution in [0, 0.1) is 5.82 Å². The Bertz CT molecular complexity index is 853. The van der Waals surface area contributed by atoms with Crippen molar-refractivity contribution in [1.29, 1.82) is 0 Å². The van der Waals surface area contributed by atoms with Crippen LogP contribution in [0.5, 0.6) is 0 Å². The first-order valence-corrected chi connectivity index (χ1v) is 8.66. The maximum Gasteiger partial charge on any atom is 0.137 e. The van der Waals surface area contributed by atoms with Gasteiger partial charge in [0.25, 0.3) is 0 Å². The summed E-state index contributed by atoms with van der Waals surface area (Å²) in [6.45, 7) is 5.47. The molecule has 3 N–H and O–H groups in total. The number of aromatic nitrogens is 2. The van der Waals surface area contributed by atoms with E-state index in [2.05, 4.69) is 9.72 Å². The number of piperazine rings is 1. The van der Waals surface area contributed by atoms with E-state index in [1.165, 1.54) is 12.1 Å². The normalized spacial score (nSPS) is 15.9. The summed E-state index contributed by atoms with van der Waals surface area (Å²) in [7, 11) is 0. The van der Waals surface area contributed by atoms with Crippen molar-refractivity contribution in [2.45, 2.75) is 6.54 Å². The van der Waals surface area contributed by atoms with Crippen molar-refractivity contribution in [3.05, 3.63) is 59.1 Å². The van der Waals surface area contributed by atoms with Crippen molar-refractivity contribution in [2.75, 3.05) is 26.2 Å². The number of nitrogens with zero attached hydrogens (tertiary/aromatic N) is 2. The van der Waals surface area contributed by atoms with Crippen LogP contribution in [-0.4, -0.2) is 35.6 Å². The Kier molecular flexibility index (Phi) is 4.22. The van der Waals surface area contributed by atoms with Crippen molar-refractivity contribution in [3.8, 4) is 11.3 Å². The summed E-state index contributed by atoms with van der Waals surface area (Å²) in [6, 6.07) is 10.3. The van der Waals surface area contributed by atoms with E-state index >= 15 is 0 Å². The Morgan fingerprint density at radius 2 is 1.88 bits per heavy atom. The molecule has 1 fully saturated rings. The summed E-state index contributed by atoms with van der Waals surface area (Å²) in [5, 5.41) is 3.05. The van der Waals surface area contributed by atoms with Crippen LogP contribution in [0.25, 0.3) is 16.9 Å². The average molecular weight is 347 g/mol. The van der Waals surface area contributed by atoms with Crippen molar-refractivity contribution < 1.29 is 14.6 Å². The number of imidazole rings is 1. The second-order valence-corrected chi connectivity index (χ2v) is 6.72. The zero-order valence-corrected chi connectivity index (χ0v) is 14.1. The minimum absolute atomic E-state index is 0.232. The van der Waals surface area contributed by atoms with Gasteiger partial charge in [-0.3, -0.25) is 4.40 Å². The first-order valence-electron chi connectivity index (χ1n) is 8.28. The highest BCUT2D eigenvalue weighted by Gasteiger charge is 2.22. The fourth-order valence-corrected chi connectivity index (χ4v) is 3.53. The van der Waals surface area contributed by atoms with Gasteiger partial charge in [0.15, 0.2) is 0 Å². The molecular formula is C18H20ClFN4+2. The van der Waals surface area contributed by atoms with Gasteiger partial charge in [0.1, 0.15) is 49.9 Å². The number of nitrogens with two attached hydrogens (primary N) is 1. The molecule has 0 radical (unpaired) electrons. The highest BCUT2D eigenvalue weighted by Crippen LogP contribution is 2.25. The van der Waals surface area contributed by atoms with E-state index in [4.69, 9.17) is 16.6 Å². The molecule has 3 aromatic rings. The summed E-state index contributed by atoms with van der Waals surface area (Å²) in [5.74, 6) is -0.232. The lowest BCUT2D eigenvalue weighted by molar-refractivity contribution is -0.958. The van der Waals surface area contributed by atoms with E-state index in [-0.39, 0.29) is 5.82 Å². The number of halogens is 2. The molecule has 6 heteroatoms. The third kappa shape index (κ3) is 3.02. The maximum atomic E-state index is 13.3. The second-order valence-electron chi connectivity index (χ2n) is 6.28. The Labute approximate surface area is 144 Å². The predicted molar refractivity (Wildman–Crippen MR) is 91.7 cm³/mol. The minimum atomic E-state index is -0.232. The molecule has 0 amide bonds. The standard InChI is InChI=1S/C18H18ClFN4/c19-14-3-6-17-22-18(13-1-4-15(20)5-2-13)16(24(17)11-14)12-23-9-7-21-8-10-23/h1-6,11,21H,7-10,12H2/p+2. The monoisotopic (exact) mass is 346 g/mol. The molecule has 4 nitrogen and oxygen atoms in total. The summed E-state index contributed by atoms with van der Waals surface area (Å²) in [5.41, 5.74) is 3.86. The van der Waals surface area contributed by atoms with Gasteiger partial charge in [-0.2, -0.15) is 0 Å². The largest absolute Gasteiger partial charge is 0.337 e. The molecule has 4 rings (SSSR count). The fourth-order valence-electron chi connectivity index (χ4n) is 3.37. The van der Waals surface area contributed by atoms with Crippen LogP contribution in [0.2, 0.25) is 5.02 Å². The molecule has 0 unspecified atom stereocenters. The molecule has 124 valence electrons. The first kappa shape index (κ1) is 15.6. The number of rotatable bonds is 3. The van der Waals surface area contributed by atoms with E-state index in [1.54, 1.807) is 17.0 Å². The van der Waals surface area contributed by atoms with Gasteiger partial charge < -0.3 is 10.2 Å². The lowest BCUT2D eigenvalue weighted by atomic mass is 10.1. The SMILES string of the molecule is Fc1ccc(-c2nc3ccc(Cl)cn3c2C[NH+]2CC[NH2+]CC2)cc1. The Hall–Kier alpha value is -1.95. The molecule has 0 bridgehead atoms. The Morgan fingerprint density at radius 1 is 1.12 bits per heavy atom. The summed E-state index contributed by atoms with van der Waals surface area (Å²) < 4.78 is 15.4. The van der Waals surface area contributed by atoms with Crippen LogP contribution in [0.15, 0.2) is 42.6 Å². The smallest absolute Gasteiger partial charge is 0.137 e. The summed E-state index contributed by atoms with van der Waals surface area (Å²) in [4.78, 5) is 6.32. The minimum Gasteiger partial charge on any atom is -0.337 e. The lowest BCUT2D eigenvalue weighted by Crippen LogP contribution is -3.19. The summed E-state index contributed by atoms with van der Waals surface area (Å²) >= 11 is 6.20. The van der Waals surface area contributed by atoms with Gasteiger partial charge in [-0.05, 0) is 36.4 Å². The summed E-state index contributed by atoms with van der Waals surface area (Å²) in [6.07, 6.45) is 1.92. The molecule has 3 heterocycles. The zero-order valence-electron chi connectivity index (χ0n) is 13.3. The maximum absolute atomic E-state index is 13.3. The van der Waals surface area contributed by atoms with Crippen LogP contribution >= 0.6 is 11.6 Å². The molecule has 0 aliphatic carbocycles. The van der Waals surface area contributed by atoms with E-state index in [9.17, 15) is 4.39 Å². The van der Waals surface area contributed by atoms with Crippen LogP contribution in [-0.2, 0) is 6.54 Å². The zero-order chi connectivity index (χ0) is 16.5. The van der Waals surface area contributed by atoms with E-state index in [1.807, 2.05) is 18.3 Å². The molecule has 0 saturated carbocycles. The van der Waals surface area contributed by atoms with Crippen LogP contribution in [0.4, 0.5) is 4.39 Å². The molecule has 24 heavy (non-hydrogen) atoms. The highest BCUT2D eigenvalue weighted by molar-refractivity contribution is 6.30. The Morgan fingerprint density at radius 3 is 2.62 bits per heavy atom. The molecule has 1 saturated heterocycles. The number of fused-ring (bicyclic) bond motifs is 1. The van der Waals surface area contributed by atoms with Crippen LogP contribution < -0.4 is 10.2 Å². The molecule has 1 aromatic carbocycles. The van der Waals surface area contributed by atoms with E-state index in [0.29, 0.717) is 5.02 Å². The average Bonchev–Trinajstić information content (AvgIpc) is 2.94. The van der Waals surface area contributed by atoms with Crippen molar-refractivity contribution >= 4 is 17.2 Å². The first-order chi connectivity index (χ1) is 11.7. The number of hydrogen-bond donors (Lipinski definition) is 2. The quantitative estimate of drug-likeness (QED) is 0.722. The van der Waals surface area contributed by atoms with Crippen molar-refractivity contribution in [1.82, 2.24) is 9.38 Å². The van der Waals surface area contributed by atoms with Crippen LogP contribution in [0.1, 0.15) is 5.69 Å². The van der Waals surface area contributed by atoms with Gasteiger partial charge >= 0.3 is 0 Å². The van der Waals surface area contributed by atoms with Crippen molar-refractivity contribution in [2.24, 2.45) is 0 Å². The van der Waals surface area contributed by atoms with Crippen LogP contribution in [0.3, 0.4) is 0 Å². The number of nitrogens with one attached hydrogen (secondary N) is 1. The van der Waals surface area contributed by atoms with Gasteiger partial charge in [-0.15, -0.1) is 0 Å². The topological polar surface area (TPSA) is 38.4 Å². The van der Waals surface area contributed by atoms with E-state index in [0.717, 1.165) is 55.3 Å². The second kappa shape index (κ2) is 6.51. The van der Waals surface area contributed by atoms with Gasteiger partial charge in [-0.25, -0.2) is 9.37 Å². The third-order valence-electron chi connectivity index (χ3n) is 4.62. The number of pyridine rings is 1. The fraction of sp³-hybridized carbons (Fsp3) is 0.278. The van der Waals surface area contributed by atoms with Gasteiger partial charge in [0, 0.05) is 11.8 Å². The highest BCUT2D eigenvalue weighted by atomic mass is 35.5. The Balaban J connectivity index is 1.81. The molecule has 1 aliphatic rings. The number of benzene rings is 1. The van der Waals surface area contributed by atoms with E-state index < -0.39 is 0 Å². The van der Waals surface area contributed by atoms with Gasteiger partial charge in [0.05, 0.1) is 10.7 Å². The molecule has 0 spiro atoms. The van der Waals surface area contributed by atoms with Crippen molar-refractivity contribution in [3.63, 3.8) is 0 Å². The number of quaternary nitrogens is 2. The van der Waals surface area contributed by atoms with Gasteiger partial charge in [0.2, 0.25) is 0 Å². The van der Waals surface area contributed by atoms with Gasteiger partial charge in [-0.1, -0.05) is 11.6 Å². The predicted octanol–water partition coefficient (Wildman–Crippen LogP) is 0.756. The lowest BCUT2D eigenvalue weighted by Gasteiger charge is -2.22. The number of hydrogen-bond acceptors (Lipinski definition) is 1. The molecule has 0 atom stereocenters. The molecule has 1 aliphatic heterocycles. The molecular weight excluding hydrogens is 327 g/mol. The third-order valence-corrected chi connectivity index (χ3v) is 4.84.